The van der Waals surface area contributed by atoms with E-state index in [2.05, 4.69) is 5.32 Å². The molecule has 0 aliphatic carbocycles. The molecule has 1 amide bonds. The van der Waals surface area contributed by atoms with Gasteiger partial charge in [-0.15, -0.1) is 0 Å². The first-order valence-electron chi connectivity index (χ1n) is 7.40. The molecule has 0 aliphatic heterocycles. The van der Waals surface area contributed by atoms with Crippen LogP contribution in [0.15, 0.2) is 48.0 Å². The molecule has 1 N–H and O–H groups in total. The second-order valence-electron chi connectivity index (χ2n) is 4.96. The number of hydrogen-bond acceptors (Lipinski definition) is 5. The summed E-state index contributed by atoms with van der Waals surface area (Å²) in [7, 11) is 4.60. The van der Waals surface area contributed by atoms with E-state index in [1.807, 2.05) is 6.07 Å². The van der Waals surface area contributed by atoms with Crippen LogP contribution in [0.2, 0.25) is 0 Å². The van der Waals surface area contributed by atoms with Gasteiger partial charge in [-0.2, -0.15) is 5.26 Å². The highest BCUT2D eigenvalue weighted by atomic mass is 16.5. The number of carbonyl (C=O) groups excluding carboxylic acids is 1. The summed E-state index contributed by atoms with van der Waals surface area (Å²) in [6.45, 7) is 0. The van der Waals surface area contributed by atoms with E-state index in [9.17, 15) is 10.1 Å². The van der Waals surface area contributed by atoms with Gasteiger partial charge in [-0.1, -0.05) is 12.1 Å². The SMILES string of the molecule is COc1ccc(/C=C(\C#N)C(=O)Nc2ccc(OC)cc2OC)cc1. The minimum absolute atomic E-state index is 0.0250. The number of nitriles is 1. The highest BCUT2D eigenvalue weighted by molar-refractivity contribution is 6.10. The molecule has 0 aromatic heterocycles. The Bertz CT molecular complexity index is 820. The first-order valence-corrected chi connectivity index (χ1v) is 7.40. The first-order chi connectivity index (χ1) is 12.1. The van der Waals surface area contributed by atoms with Crippen LogP contribution in [0.25, 0.3) is 6.08 Å². The molecular weight excluding hydrogens is 320 g/mol. The van der Waals surface area contributed by atoms with E-state index < -0.39 is 5.91 Å². The normalized spacial score (nSPS) is 10.6. The summed E-state index contributed by atoms with van der Waals surface area (Å²) < 4.78 is 15.4. The van der Waals surface area contributed by atoms with Crippen LogP contribution < -0.4 is 19.5 Å². The van der Waals surface area contributed by atoms with E-state index in [4.69, 9.17) is 14.2 Å². The molecule has 2 aromatic carbocycles. The number of amides is 1. The fourth-order valence-electron chi connectivity index (χ4n) is 2.11. The van der Waals surface area contributed by atoms with Crippen molar-refractivity contribution < 1.29 is 19.0 Å². The number of methoxy groups -OCH3 is 3. The van der Waals surface area contributed by atoms with Crippen LogP contribution in [-0.4, -0.2) is 27.2 Å². The number of anilines is 1. The lowest BCUT2D eigenvalue weighted by Gasteiger charge is -2.11. The van der Waals surface area contributed by atoms with E-state index in [0.717, 1.165) is 0 Å². The molecule has 2 rings (SSSR count). The maximum atomic E-state index is 12.4. The molecule has 6 heteroatoms. The fourth-order valence-corrected chi connectivity index (χ4v) is 2.11. The maximum absolute atomic E-state index is 12.4. The Morgan fingerprint density at radius 3 is 2.20 bits per heavy atom. The Hall–Kier alpha value is -3.46. The van der Waals surface area contributed by atoms with Crippen molar-refractivity contribution in [3.05, 3.63) is 53.6 Å². The lowest BCUT2D eigenvalue weighted by Crippen LogP contribution is -2.14. The van der Waals surface area contributed by atoms with Crippen LogP contribution in [0.5, 0.6) is 17.2 Å². The van der Waals surface area contributed by atoms with Crippen LogP contribution in [0.4, 0.5) is 5.69 Å². The summed E-state index contributed by atoms with van der Waals surface area (Å²) >= 11 is 0. The van der Waals surface area contributed by atoms with Gasteiger partial charge in [0.1, 0.15) is 28.9 Å². The number of ether oxygens (including phenoxy) is 3. The highest BCUT2D eigenvalue weighted by Gasteiger charge is 2.13. The molecule has 6 nitrogen and oxygen atoms in total. The zero-order chi connectivity index (χ0) is 18.2. The maximum Gasteiger partial charge on any atom is 0.266 e. The predicted molar refractivity (Wildman–Crippen MR) is 94.8 cm³/mol. The molecule has 0 radical (unpaired) electrons. The fraction of sp³-hybridized carbons (Fsp3) is 0.158. The van der Waals surface area contributed by atoms with Crippen molar-refractivity contribution in [2.45, 2.75) is 0 Å². The lowest BCUT2D eigenvalue weighted by atomic mass is 10.1. The second-order valence-corrected chi connectivity index (χ2v) is 4.96. The Morgan fingerprint density at radius 2 is 1.64 bits per heavy atom. The first kappa shape index (κ1) is 17.9. The van der Waals surface area contributed by atoms with Crippen molar-refractivity contribution in [1.82, 2.24) is 0 Å². The summed E-state index contributed by atoms with van der Waals surface area (Å²) in [4.78, 5) is 12.4. The molecule has 0 spiro atoms. The number of nitrogens with zero attached hydrogens (tertiary/aromatic N) is 1. The van der Waals surface area contributed by atoms with E-state index in [1.165, 1.54) is 13.2 Å². The molecular formula is C19H18N2O4. The molecule has 128 valence electrons. The average molecular weight is 338 g/mol. The van der Waals surface area contributed by atoms with Crippen LogP contribution in [0.3, 0.4) is 0 Å². The van der Waals surface area contributed by atoms with Crippen molar-refractivity contribution in [3.63, 3.8) is 0 Å². The Labute approximate surface area is 146 Å². The molecule has 0 bridgehead atoms. The molecule has 25 heavy (non-hydrogen) atoms. The Balaban J connectivity index is 2.22. The van der Waals surface area contributed by atoms with E-state index >= 15 is 0 Å². The zero-order valence-corrected chi connectivity index (χ0v) is 14.2. The van der Waals surface area contributed by atoms with Gasteiger partial charge in [0.2, 0.25) is 0 Å². The quantitative estimate of drug-likeness (QED) is 0.646. The molecule has 0 aliphatic rings. The third-order valence-electron chi connectivity index (χ3n) is 3.45. The number of rotatable bonds is 6. The van der Waals surface area contributed by atoms with Gasteiger partial charge in [0.15, 0.2) is 0 Å². The van der Waals surface area contributed by atoms with Crippen molar-refractivity contribution in [2.75, 3.05) is 26.6 Å². The largest absolute Gasteiger partial charge is 0.497 e. The van der Waals surface area contributed by atoms with Gasteiger partial charge in [0, 0.05) is 6.07 Å². The summed E-state index contributed by atoms with van der Waals surface area (Å²) in [5.74, 6) is 1.21. The molecule has 2 aromatic rings. The van der Waals surface area contributed by atoms with Crippen LogP contribution in [0.1, 0.15) is 5.56 Å². The van der Waals surface area contributed by atoms with Crippen LogP contribution in [0, 0.1) is 11.3 Å². The van der Waals surface area contributed by atoms with Gasteiger partial charge in [0.25, 0.3) is 5.91 Å². The zero-order valence-electron chi connectivity index (χ0n) is 14.2. The smallest absolute Gasteiger partial charge is 0.266 e. The minimum Gasteiger partial charge on any atom is -0.497 e. The standard InChI is InChI=1S/C19H18N2O4/c1-23-15-6-4-13(5-7-15)10-14(12-20)19(22)21-17-9-8-16(24-2)11-18(17)25-3/h4-11H,1-3H3,(H,21,22)/b14-10+. The van der Waals surface area contributed by atoms with E-state index in [-0.39, 0.29) is 5.57 Å². The molecule has 0 heterocycles. The van der Waals surface area contributed by atoms with Gasteiger partial charge in [-0.3, -0.25) is 4.79 Å². The summed E-state index contributed by atoms with van der Waals surface area (Å²) in [6.07, 6.45) is 1.50. The van der Waals surface area contributed by atoms with Gasteiger partial charge >= 0.3 is 0 Å². The van der Waals surface area contributed by atoms with Crippen molar-refractivity contribution >= 4 is 17.7 Å². The highest BCUT2D eigenvalue weighted by Crippen LogP contribution is 2.29. The van der Waals surface area contributed by atoms with Crippen LogP contribution in [-0.2, 0) is 4.79 Å². The van der Waals surface area contributed by atoms with Gasteiger partial charge in [-0.25, -0.2) is 0 Å². The van der Waals surface area contributed by atoms with Crippen molar-refractivity contribution in [2.24, 2.45) is 0 Å². The monoisotopic (exact) mass is 338 g/mol. The van der Waals surface area contributed by atoms with Gasteiger partial charge < -0.3 is 19.5 Å². The summed E-state index contributed by atoms with van der Waals surface area (Å²) in [5, 5.41) is 12.0. The number of benzene rings is 2. The van der Waals surface area contributed by atoms with E-state index in [0.29, 0.717) is 28.5 Å². The van der Waals surface area contributed by atoms with Gasteiger partial charge in [-0.05, 0) is 35.9 Å². The third kappa shape index (κ3) is 4.52. The Morgan fingerprint density at radius 1 is 1.00 bits per heavy atom. The van der Waals surface area contributed by atoms with Crippen LogP contribution >= 0.6 is 0 Å². The Kier molecular flexibility index (Phi) is 6.02. The molecule has 0 saturated heterocycles. The lowest BCUT2D eigenvalue weighted by molar-refractivity contribution is -0.112. The summed E-state index contributed by atoms with van der Waals surface area (Å²) in [6, 6.07) is 13.9. The third-order valence-corrected chi connectivity index (χ3v) is 3.45. The van der Waals surface area contributed by atoms with Crippen molar-refractivity contribution in [3.8, 4) is 23.3 Å². The topological polar surface area (TPSA) is 80.6 Å². The molecule has 0 fully saturated rings. The second kappa shape index (κ2) is 8.41. The van der Waals surface area contributed by atoms with E-state index in [1.54, 1.807) is 56.7 Å². The summed E-state index contributed by atoms with van der Waals surface area (Å²) in [5.41, 5.74) is 1.14. The average Bonchev–Trinajstić information content (AvgIpc) is 2.66. The molecule has 0 unspecified atom stereocenters. The van der Waals surface area contributed by atoms with Crippen molar-refractivity contribution in [1.29, 1.82) is 5.26 Å². The number of nitrogens with one attached hydrogen (secondary N) is 1. The van der Waals surface area contributed by atoms with Gasteiger partial charge in [0.05, 0.1) is 27.0 Å². The molecule has 0 saturated carbocycles. The number of hydrogen-bond donors (Lipinski definition) is 1. The predicted octanol–water partition coefficient (Wildman–Crippen LogP) is 3.26. The number of carbonyl (C=O) groups is 1. The molecule has 0 atom stereocenters. The minimum atomic E-state index is -0.526.